The maximum absolute atomic E-state index is 5.84. The SMILES string of the molecule is CN(C)CCOc1cc(CN)nc2ccccc12. The second-order valence-corrected chi connectivity index (χ2v) is 4.48. The molecule has 4 heteroatoms. The van der Waals surface area contributed by atoms with Gasteiger partial charge in [0.15, 0.2) is 0 Å². The second-order valence-electron chi connectivity index (χ2n) is 4.48. The molecule has 1 aromatic heterocycles. The number of rotatable bonds is 5. The predicted octanol–water partition coefficient (Wildman–Crippen LogP) is 1.63. The largest absolute Gasteiger partial charge is 0.491 e. The van der Waals surface area contributed by atoms with Crippen molar-refractivity contribution in [3.05, 3.63) is 36.0 Å². The first-order valence-electron chi connectivity index (χ1n) is 6.07. The lowest BCUT2D eigenvalue weighted by Crippen LogP contribution is -2.19. The monoisotopic (exact) mass is 245 g/mol. The van der Waals surface area contributed by atoms with Gasteiger partial charge in [0, 0.05) is 24.5 Å². The van der Waals surface area contributed by atoms with Crippen molar-refractivity contribution in [3.63, 3.8) is 0 Å². The van der Waals surface area contributed by atoms with Crippen LogP contribution in [0.4, 0.5) is 0 Å². The minimum Gasteiger partial charge on any atom is -0.491 e. The van der Waals surface area contributed by atoms with Crippen molar-refractivity contribution in [2.45, 2.75) is 6.54 Å². The molecule has 0 aliphatic rings. The number of likely N-dealkylation sites (N-methyl/N-ethyl adjacent to an activating group) is 1. The lowest BCUT2D eigenvalue weighted by Gasteiger charge is -2.13. The highest BCUT2D eigenvalue weighted by Crippen LogP contribution is 2.25. The van der Waals surface area contributed by atoms with E-state index in [0.717, 1.165) is 28.9 Å². The molecule has 0 radical (unpaired) electrons. The van der Waals surface area contributed by atoms with Crippen LogP contribution in [0.15, 0.2) is 30.3 Å². The van der Waals surface area contributed by atoms with Crippen molar-refractivity contribution < 1.29 is 4.74 Å². The fourth-order valence-electron chi connectivity index (χ4n) is 1.76. The van der Waals surface area contributed by atoms with Gasteiger partial charge in [0.1, 0.15) is 12.4 Å². The Bertz CT molecular complexity index is 525. The quantitative estimate of drug-likeness (QED) is 0.870. The van der Waals surface area contributed by atoms with E-state index in [0.29, 0.717) is 13.2 Å². The number of aromatic nitrogens is 1. The Hall–Kier alpha value is -1.65. The summed E-state index contributed by atoms with van der Waals surface area (Å²) in [6, 6.07) is 9.89. The zero-order valence-corrected chi connectivity index (χ0v) is 10.9. The maximum Gasteiger partial charge on any atom is 0.130 e. The van der Waals surface area contributed by atoms with E-state index in [4.69, 9.17) is 10.5 Å². The summed E-state index contributed by atoms with van der Waals surface area (Å²) < 4.78 is 5.84. The molecule has 96 valence electrons. The summed E-state index contributed by atoms with van der Waals surface area (Å²) in [7, 11) is 4.05. The van der Waals surface area contributed by atoms with E-state index in [9.17, 15) is 0 Å². The van der Waals surface area contributed by atoms with Crippen LogP contribution in [-0.4, -0.2) is 37.1 Å². The Labute approximate surface area is 107 Å². The normalized spacial score (nSPS) is 11.1. The first-order valence-corrected chi connectivity index (χ1v) is 6.07. The number of para-hydroxylation sites is 1. The molecule has 0 atom stereocenters. The van der Waals surface area contributed by atoms with E-state index >= 15 is 0 Å². The molecular weight excluding hydrogens is 226 g/mol. The predicted molar refractivity (Wildman–Crippen MR) is 73.7 cm³/mol. The van der Waals surface area contributed by atoms with Crippen LogP contribution in [0.5, 0.6) is 5.75 Å². The summed E-state index contributed by atoms with van der Waals surface area (Å²) in [4.78, 5) is 6.57. The van der Waals surface area contributed by atoms with Gasteiger partial charge in [-0.25, -0.2) is 0 Å². The van der Waals surface area contributed by atoms with E-state index in [1.807, 2.05) is 44.4 Å². The minimum absolute atomic E-state index is 0.425. The average Bonchev–Trinajstić information content (AvgIpc) is 2.38. The van der Waals surface area contributed by atoms with Gasteiger partial charge in [-0.2, -0.15) is 0 Å². The highest BCUT2D eigenvalue weighted by molar-refractivity contribution is 5.85. The molecule has 0 saturated heterocycles. The van der Waals surface area contributed by atoms with Crippen molar-refractivity contribution in [1.82, 2.24) is 9.88 Å². The molecule has 1 heterocycles. The molecule has 0 amide bonds. The summed E-state index contributed by atoms with van der Waals surface area (Å²) in [6.07, 6.45) is 0. The first kappa shape index (κ1) is 12.8. The first-order chi connectivity index (χ1) is 8.70. The zero-order chi connectivity index (χ0) is 13.0. The molecule has 0 fully saturated rings. The Balaban J connectivity index is 2.29. The fraction of sp³-hybridized carbons (Fsp3) is 0.357. The molecule has 2 N–H and O–H groups in total. The molecule has 0 saturated carbocycles. The summed E-state index contributed by atoms with van der Waals surface area (Å²) in [5.74, 6) is 0.864. The maximum atomic E-state index is 5.84. The number of benzene rings is 1. The number of hydrogen-bond acceptors (Lipinski definition) is 4. The number of fused-ring (bicyclic) bond motifs is 1. The number of hydrogen-bond donors (Lipinski definition) is 1. The van der Waals surface area contributed by atoms with Gasteiger partial charge in [-0.15, -0.1) is 0 Å². The van der Waals surface area contributed by atoms with Crippen molar-refractivity contribution in [2.75, 3.05) is 27.2 Å². The Morgan fingerprint density at radius 3 is 2.78 bits per heavy atom. The molecule has 1 aromatic carbocycles. The van der Waals surface area contributed by atoms with Crippen LogP contribution in [-0.2, 0) is 6.54 Å². The molecule has 0 unspecified atom stereocenters. The molecule has 0 bridgehead atoms. The number of ether oxygens (including phenoxy) is 1. The van der Waals surface area contributed by atoms with Crippen molar-refractivity contribution >= 4 is 10.9 Å². The zero-order valence-electron chi connectivity index (χ0n) is 10.9. The van der Waals surface area contributed by atoms with Gasteiger partial charge in [0.2, 0.25) is 0 Å². The second kappa shape index (κ2) is 5.80. The summed E-state index contributed by atoms with van der Waals surface area (Å²) in [6.45, 7) is 1.97. The minimum atomic E-state index is 0.425. The third-order valence-electron chi connectivity index (χ3n) is 2.74. The Morgan fingerprint density at radius 2 is 2.06 bits per heavy atom. The lowest BCUT2D eigenvalue weighted by atomic mass is 10.2. The van der Waals surface area contributed by atoms with Gasteiger partial charge in [-0.1, -0.05) is 12.1 Å². The van der Waals surface area contributed by atoms with Gasteiger partial charge in [-0.3, -0.25) is 4.98 Å². The highest BCUT2D eigenvalue weighted by atomic mass is 16.5. The van der Waals surface area contributed by atoms with Crippen LogP contribution in [0.2, 0.25) is 0 Å². The summed E-state index contributed by atoms with van der Waals surface area (Å²) in [5, 5.41) is 1.04. The van der Waals surface area contributed by atoms with Crippen molar-refractivity contribution in [2.24, 2.45) is 5.73 Å². The van der Waals surface area contributed by atoms with E-state index < -0.39 is 0 Å². The number of pyridine rings is 1. The van der Waals surface area contributed by atoms with E-state index in [2.05, 4.69) is 9.88 Å². The smallest absolute Gasteiger partial charge is 0.130 e. The molecule has 2 aromatic rings. The highest BCUT2D eigenvalue weighted by Gasteiger charge is 2.05. The Kier molecular flexibility index (Phi) is 4.12. The molecule has 4 nitrogen and oxygen atoms in total. The fourth-order valence-corrected chi connectivity index (χ4v) is 1.76. The number of nitrogens with two attached hydrogens (primary N) is 1. The molecule has 0 aliphatic heterocycles. The van der Waals surface area contributed by atoms with Gasteiger partial charge < -0.3 is 15.4 Å². The van der Waals surface area contributed by atoms with Crippen LogP contribution in [0, 0.1) is 0 Å². The standard InChI is InChI=1S/C14H19N3O/c1-17(2)7-8-18-14-9-11(10-15)16-13-6-4-3-5-12(13)14/h3-6,9H,7-8,10,15H2,1-2H3. The van der Waals surface area contributed by atoms with Gasteiger partial charge in [-0.05, 0) is 26.2 Å². The molecule has 2 rings (SSSR count). The summed E-state index contributed by atoms with van der Waals surface area (Å²) in [5.41, 5.74) is 7.45. The van der Waals surface area contributed by atoms with Gasteiger partial charge in [0.25, 0.3) is 0 Å². The van der Waals surface area contributed by atoms with Crippen LogP contribution < -0.4 is 10.5 Å². The van der Waals surface area contributed by atoms with Crippen LogP contribution in [0.25, 0.3) is 10.9 Å². The molecule has 18 heavy (non-hydrogen) atoms. The third kappa shape index (κ3) is 2.97. The number of nitrogens with zero attached hydrogens (tertiary/aromatic N) is 2. The summed E-state index contributed by atoms with van der Waals surface area (Å²) >= 11 is 0. The van der Waals surface area contributed by atoms with Crippen LogP contribution >= 0.6 is 0 Å². The third-order valence-corrected chi connectivity index (χ3v) is 2.74. The lowest BCUT2D eigenvalue weighted by molar-refractivity contribution is 0.263. The van der Waals surface area contributed by atoms with E-state index in [1.165, 1.54) is 0 Å². The van der Waals surface area contributed by atoms with Gasteiger partial charge in [0.05, 0.1) is 11.2 Å². The average molecular weight is 245 g/mol. The van der Waals surface area contributed by atoms with Crippen LogP contribution in [0.3, 0.4) is 0 Å². The molecular formula is C14H19N3O. The van der Waals surface area contributed by atoms with Crippen molar-refractivity contribution in [3.8, 4) is 5.75 Å². The molecule has 0 spiro atoms. The Morgan fingerprint density at radius 1 is 1.28 bits per heavy atom. The topological polar surface area (TPSA) is 51.4 Å². The van der Waals surface area contributed by atoms with E-state index in [-0.39, 0.29) is 0 Å². The van der Waals surface area contributed by atoms with Crippen LogP contribution in [0.1, 0.15) is 5.69 Å². The van der Waals surface area contributed by atoms with Gasteiger partial charge >= 0.3 is 0 Å². The molecule has 0 aliphatic carbocycles. The van der Waals surface area contributed by atoms with E-state index in [1.54, 1.807) is 0 Å². The van der Waals surface area contributed by atoms with Crippen molar-refractivity contribution in [1.29, 1.82) is 0 Å².